The summed E-state index contributed by atoms with van der Waals surface area (Å²) in [4.78, 5) is 12.8. The Kier molecular flexibility index (Phi) is 5.24. The van der Waals surface area contributed by atoms with Gasteiger partial charge in [0, 0.05) is 25.0 Å². The number of anilines is 2. The van der Waals surface area contributed by atoms with E-state index in [1.165, 1.54) is 24.1 Å². The molecule has 112 valence electrons. The minimum absolute atomic E-state index is 0.0304. The molecule has 0 bridgehead atoms. The summed E-state index contributed by atoms with van der Waals surface area (Å²) in [6.45, 7) is 2.05. The van der Waals surface area contributed by atoms with Crippen LogP contribution in [0.1, 0.15) is 18.9 Å². The lowest BCUT2D eigenvalue weighted by Gasteiger charge is -2.27. The average Bonchev–Trinajstić information content (AvgIpc) is 2.37. The predicted molar refractivity (Wildman–Crippen MR) is 72.4 cm³/mol. The highest BCUT2D eigenvalue weighted by molar-refractivity contribution is 5.81. The van der Waals surface area contributed by atoms with Crippen molar-refractivity contribution in [2.45, 2.75) is 19.5 Å². The minimum atomic E-state index is -4.51. The molecule has 1 rings (SSSR count). The van der Waals surface area contributed by atoms with Crippen LogP contribution in [0.3, 0.4) is 0 Å². The molecule has 20 heavy (non-hydrogen) atoms. The van der Waals surface area contributed by atoms with Crippen molar-refractivity contribution in [3.05, 3.63) is 23.8 Å². The Morgan fingerprint density at radius 3 is 2.55 bits per heavy atom. The van der Waals surface area contributed by atoms with Crippen LogP contribution in [0.5, 0.6) is 0 Å². The summed E-state index contributed by atoms with van der Waals surface area (Å²) in [5, 5.41) is 2.41. The van der Waals surface area contributed by atoms with Gasteiger partial charge in [-0.15, -0.1) is 0 Å². The lowest BCUT2D eigenvalue weighted by Crippen LogP contribution is -2.37. The molecule has 0 radical (unpaired) electrons. The van der Waals surface area contributed by atoms with Crippen LogP contribution in [-0.4, -0.2) is 26.0 Å². The van der Waals surface area contributed by atoms with Crippen molar-refractivity contribution in [1.82, 2.24) is 5.32 Å². The van der Waals surface area contributed by atoms with Gasteiger partial charge in [-0.1, -0.05) is 6.92 Å². The van der Waals surface area contributed by atoms with Gasteiger partial charge < -0.3 is 16.0 Å². The van der Waals surface area contributed by atoms with E-state index in [0.717, 1.165) is 6.07 Å². The lowest BCUT2D eigenvalue weighted by atomic mass is 10.1. The summed E-state index contributed by atoms with van der Waals surface area (Å²) < 4.78 is 39.2. The molecule has 1 aromatic rings. The molecule has 0 spiro atoms. The standard InChI is InChI=1S/C13H18F3N3O/c1-3-6-19(8-12(20)18-2)11-5-4-9(17)7-10(11)13(14,15)16/h4-5,7H,3,6,8,17H2,1-2H3,(H,18,20). The number of amides is 1. The van der Waals surface area contributed by atoms with Gasteiger partial charge >= 0.3 is 6.18 Å². The summed E-state index contributed by atoms with van der Waals surface area (Å²) >= 11 is 0. The number of nitrogens with one attached hydrogen (secondary N) is 1. The minimum Gasteiger partial charge on any atom is -0.399 e. The van der Waals surface area contributed by atoms with E-state index in [1.54, 1.807) is 0 Å². The number of carbonyl (C=O) groups is 1. The Morgan fingerprint density at radius 2 is 2.05 bits per heavy atom. The predicted octanol–water partition coefficient (Wildman–Crippen LogP) is 2.25. The number of nitrogens with zero attached hydrogens (tertiary/aromatic N) is 1. The van der Waals surface area contributed by atoms with Crippen LogP contribution in [0.2, 0.25) is 0 Å². The smallest absolute Gasteiger partial charge is 0.399 e. The summed E-state index contributed by atoms with van der Waals surface area (Å²) in [6, 6.07) is 3.59. The Balaban J connectivity index is 3.22. The Labute approximate surface area is 115 Å². The average molecular weight is 289 g/mol. The van der Waals surface area contributed by atoms with Crippen LogP contribution in [0, 0.1) is 0 Å². The highest BCUT2D eigenvalue weighted by Gasteiger charge is 2.35. The maximum atomic E-state index is 13.1. The molecule has 0 aliphatic carbocycles. The molecule has 0 saturated carbocycles. The third-order valence-corrected chi connectivity index (χ3v) is 2.77. The van der Waals surface area contributed by atoms with Crippen molar-refractivity contribution < 1.29 is 18.0 Å². The van der Waals surface area contributed by atoms with E-state index in [0.29, 0.717) is 13.0 Å². The van der Waals surface area contributed by atoms with E-state index in [4.69, 9.17) is 5.73 Å². The zero-order valence-electron chi connectivity index (χ0n) is 11.4. The SMILES string of the molecule is CCCN(CC(=O)NC)c1ccc(N)cc1C(F)(F)F. The number of nitrogen functional groups attached to an aromatic ring is 1. The number of rotatable bonds is 5. The Morgan fingerprint density at radius 1 is 1.40 bits per heavy atom. The van der Waals surface area contributed by atoms with Gasteiger partial charge in [-0.05, 0) is 24.6 Å². The van der Waals surface area contributed by atoms with Crippen LogP contribution in [0.4, 0.5) is 24.5 Å². The largest absolute Gasteiger partial charge is 0.418 e. The van der Waals surface area contributed by atoms with Crippen molar-refractivity contribution in [3.8, 4) is 0 Å². The van der Waals surface area contributed by atoms with Crippen molar-refractivity contribution in [1.29, 1.82) is 0 Å². The molecule has 0 aromatic heterocycles. The normalized spacial score (nSPS) is 11.2. The molecular formula is C13H18F3N3O. The number of hydrogen-bond acceptors (Lipinski definition) is 3. The van der Waals surface area contributed by atoms with Crippen molar-refractivity contribution in [3.63, 3.8) is 0 Å². The van der Waals surface area contributed by atoms with Gasteiger partial charge in [-0.3, -0.25) is 4.79 Å². The third-order valence-electron chi connectivity index (χ3n) is 2.77. The van der Waals surface area contributed by atoms with Crippen molar-refractivity contribution in [2.24, 2.45) is 0 Å². The second-order valence-electron chi connectivity index (χ2n) is 4.37. The van der Waals surface area contributed by atoms with Gasteiger partial charge in [-0.25, -0.2) is 0 Å². The first-order chi connectivity index (χ1) is 9.29. The van der Waals surface area contributed by atoms with Crippen LogP contribution in [-0.2, 0) is 11.0 Å². The number of likely N-dealkylation sites (N-methyl/N-ethyl adjacent to an activating group) is 1. The topological polar surface area (TPSA) is 58.4 Å². The van der Waals surface area contributed by atoms with Gasteiger partial charge in [0.05, 0.1) is 12.1 Å². The number of halogens is 3. The number of alkyl halides is 3. The zero-order chi connectivity index (χ0) is 15.3. The van der Waals surface area contributed by atoms with E-state index in [1.807, 2.05) is 6.92 Å². The molecule has 0 atom stereocenters. The molecule has 1 aromatic carbocycles. The summed E-state index contributed by atoms with van der Waals surface area (Å²) in [7, 11) is 1.44. The second kappa shape index (κ2) is 6.49. The van der Waals surface area contributed by atoms with Gasteiger partial charge in [-0.2, -0.15) is 13.2 Å². The first-order valence-electron chi connectivity index (χ1n) is 6.21. The fourth-order valence-corrected chi connectivity index (χ4v) is 1.86. The number of nitrogens with two attached hydrogens (primary N) is 1. The first-order valence-corrected chi connectivity index (χ1v) is 6.21. The van der Waals surface area contributed by atoms with Crippen LogP contribution < -0.4 is 16.0 Å². The van der Waals surface area contributed by atoms with E-state index in [9.17, 15) is 18.0 Å². The lowest BCUT2D eigenvalue weighted by molar-refractivity contribution is -0.137. The molecule has 0 unspecified atom stereocenters. The fourth-order valence-electron chi connectivity index (χ4n) is 1.86. The van der Waals surface area contributed by atoms with Gasteiger partial charge in [0.2, 0.25) is 5.91 Å². The molecule has 7 heteroatoms. The van der Waals surface area contributed by atoms with Crippen molar-refractivity contribution >= 4 is 17.3 Å². The Hall–Kier alpha value is -1.92. The number of carbonyl (C=O) groups excluding carboxylic acids is 1. The molecule has 0 aliphatic rings. The van der Waals surface area contributed by atoms with Crippen LogP contribution in [0.25, 0.3) is 0 Å². The van der Waals surface area contributed by atoms with Gasteiger partial charge in [0.25, 0.3) is 0 Å². The molecule has 0 aliphatic heterocycles. The molecule has 1 amide bonds. The van der Waals surface area contributed by atoms with E-state index in [2.05, 4.69) is 5.32 Å². The summed E-state index contributed by atoms with van der Waals surface area (Å²) in [6.07, 6.45) is -3.89. The zero-order valence-corrected chi connectivity index (χ0v) is 11.4. The second-order valence-corrected chi connectivity index (χ2v) is 4.37. The van der Waals surface area contributed by atoms with Crippen LogP contribution >= 0.6 is 0 Å². The molecule has 3 N–H and O–H groups in total. The molecule has 0 heterocycles. The number of benzene rings is 1. The van der Waals surface area contributed by atoms with Gasteiger partial charge in [0.15, 0.2) is 0 Å². The maximum Gasteiger partial charge on any atom is 0.418 e. The fraction of sp³-hybridized carbons (Fsp3) is 0.462. The maximum absolute atomic E-state index is 13.1. The molecular weight excluding hydrogens is 271 g/mol. The summed E-state index contributed by atoms with van der Waals surface area (Å²) in [5.74, 6) is -0.344. The summed E-state index contributed by atoms with van der Waals surface area (Å²) in [5.41, 5.74) is 4.61. The molecule has 4 nitrogen and oxygen atoms in total. The van der Waals surface area contributed by atoms with Crippen LogP contribution in [0.15, 0.2) is 18.2 Å². The molecule has 0 fully saturated rings. The van der Waals surface area contributed by atoms with E-state index >= 15 is 0 Å². The highest BCUT2D eigenvalue weighted by atomic mass is 19.4. The monoisotopic (exact) mass is 289 g/mol. The Bertz CT molecular complexity index is 474. The van der Waals surface area contributed by atoms with Gasteiger partial charge in [0.1, 0.15) is 0 Å². The first kappa shape index (κ1) is 16.1. The van der Waals surface area contributed by atoms with E-state index in [-0.39, 0.29) is 23.8 Å². The quantitative estimate of drug-likeness (QED) is 0.817. The number of hydrogen-bond donors (Lipinski definition) is 2. The third kappa shape index (κ3) is 4.04. The van der Waals surface area contributed by atoms with Crippen molar-refractivity contribution in [2.75, 3.05) is 30.8 Å². The molecule has 0 saturated heterocycles. The highest BCUT2D eigenvalue weighted by Crippen LogP contribution is 2.37. The van der Waals surface area contributed by atoms with E-state index < -0.39 is 11.7 Å².